The van der Waals surface area contributed by atoms with Crippen LogP contribution in [0.1, 0.15) is 13.3 Å². The van der Waals surface area contributed by atoms with E-state index in [2.05, 4.69) is 30.9 Å². The average molecular weight is 309 g/mol. The monoisotopic (exact) mass is 308 g/mol. The molecule has 1 aromatic heterocycles. The van der Waals surface area contributed by atoms with E-state index in [1.165, 1.54) is 0 Å². The fraction of sp³-hybridized carbons (Fsp3) is 0.250. The van der Waals surface area contributed by atoms with Crippen molar-refractivity contribution in [3.63, 3.8) is 0 Å². The highest BCUT2D eigenvalue weighted by Crippen LogP contribution is 2.26. The van der Waals surface area contributed by atoms with E-state index < -0.39 is 0 Å². The van der Waals surface area contributed by atoms with E-state index >= 15 is 0 Å². The molecule has 6 heteroatoms. The molecule has 0 saturated carbocycles. The third kappa shape index (κ3) is 2.95. The Bertz CT molecular complexity index is 547. The molecule has 0 amide bonds. The third-order valence-electron chi connectivity index (χ3n) is 2.18. The number of nitrogens with two attached hydrogens (primary N) is 1. The summed E-state index contributed by atoms with van der Waals surface area (Å²) in [4.78, 5) is 12.3. The number of hydrogen-bond donors (Lipinski definition) is 1. The number of benzene rings is 1. The predicted octanol–water partition coefficient (Wildman–Crippen LogP) is 2.67. The molecule has 0 bridgehead atoms. The van der Waals surface area contributed by atoms with Gasteiger partial charge in [-0.3, -0.25) is 0 Å². The van der Waals surface area contributed by atoms with Crippen LogP contribution in [0, 0.1) is 0 Å². The second kappa shape index (κ2) is 5.77. The van der Waals surface area contributed by atoms with Gasteiger partial charge in [-0.1, -0.05) is 41.1 Å². The Balaban J connectivity index is 2.39. The molecule has 0 fully saturated rings. The lowest BCUT2D eigenvalue weighted by Crippen LogP contribution is -2.05. The van der Waals surface area contributed by atoms with Gasteiger partial charge in [0.1, 0.15) is 0 Å². The molecule has 0 aliphatic heterocycles. The molecule has 0 radical (unpaired) electrons. The first-order valence-electron chi connectivity index (χ1n) is 5.60. The van der Waals surface area contributed by atoms with Crippen molar-refractivity contribution in [2.75, 3.05) is 12.3 Å². The molecule has 0 aliphatic rings. The van der Waals surface area contributed by atoms with Crippen molar-refractivity contribution in [2.24, 2.45) is 0 Å². The van der Waals surface area contributed by atoms with Crippen molar-refractivity contribution >= 4 is 21.9 Å². The molecule has 1 aromatic carbocycles. The first kappa shape index (κ1) is 12.8. The van der Waals surface area contributed by atoms with Gasteiger partial charge in [-0.2, -0.15) is 15.0 Å². The van der Waals surface area contributed by atoms with Crippen LogP contribution in [0.4, 0.5) is 5.95 Å². The number of anilines is 1. The topological polar surface area (TPSA) is 73.9 Å². The standard InChI is InChI=1S/C12H13BrN4O/c1-2-7-18-12-16-10(15-11(14)17-12)8-5-3-4-6-9(8)13/h3-6H,2,7H2,1H3,(H2,14,15,16,17). The lowest BCUT2D eigenvalue weighted by atomic mass is 10.2. The zero-order valence-corrected chi connectivity index (χ0v) is 11.5. The molecule has 0 spiro atoms. The smallest absolute Gasteiger partial charge is 0.321 e. The second-order valence-corrected chi connectivity index (χ2v) is 4.48. The lowest BCUT2D eigenvalue weighted by molar-refractivity contribution is 0.292. The molecule has 2 N–H and O–H groups in total. The van der Waals surface area contributed by atoms with Crippen LogP contribution in [0.15, 0.2) is 28.7 Å². The van der Waals surface area contributed by atoms with Crippen molar-refractivity contribution in [1.29, 1.82) is 0 Å². The summed E-state index contributed by atoms with van der Waals surface area (Å²) in [5.74, 6) is 0.655. The van der Waals surface area contributed by atoms with E-state index in [1.54, 1.807) is 0 Å². The van der Waals surface area contributed by atoms with Gasteiger partial charge in [0.25, 0.3) is 0 Å². The Morgan fingerprint density at radius 2 is 2.00 bits per heavy atom. The Morgan fingerprint density at radius 1 is 1.22 bits per heavy atom. The van der Waals surface area contributed by atoms with Crippen molar-refractivity contribution in [1.82, 2.24) is 15.0 Å². The van der Waals surface area contributed by atoms with Crippen LogP contribution in [0.25, 0.3) is 11.4 Å². The first-order chi connectivity index (χ1) is 8.70. The zero-order chi connectivity index (χ0) is 13.0. The van der Waals surface area contributed by atoms with E-state index in [4.69, 9.17) is 10.5 Å². The maximum absolute atomic E-state index is 5.66. The molecule has 5 nitrogen and oxygen atoms in total. The van der Waals surface area contributed by atoms with Crippen LogP contribution in [0.2, 0.25) is 0 Å². The van der Waals surface area contributed by atoms with Crippen LogP contribution in [-0.2, 0) is 0 Å². The van der Waals surface area contributed by atoms with Gasteiger partial charge in [0, 0.05) is 10.0 Å². The number of hydrogen-bond acceptors (Lipinski definition) is 5. The summed E-state index contributed by atoms with van der Waals surface area (Å²) in [6.07, 6.45) is 0.885. The van der Waals surface area contributed by atoms with Gasteiger partial charge in [0.15, 0.2) is 5.82 Å². The summed E-state index contributed by atoms with van der Waals surface area (Å²) in [6.45, 7) is 2.57. The highest BCUT2D eigenvalue weighted by Gasteiger charge is 2.10. The number of halogens is 1. The summed E-state index contributed by atoms with van der Waals surface area (Å²) in [5, 5.41) is 0. The van der Waals surface area contributed by atoms with Gasteiger partial charge >= 0.3 is 6.01 Å². The summed E-state index contributed by atoms with van der Waals surface area (Å²) >= 11 is 3.45. The molecule has 0 aliphatic carbocycles. The largest absolute Gasteiger partial charge is 0.463 e. The molecular formula is C12H13BrN4O. The van der Waals surface area contributed by atoms with Crippen molar-refractivity contribution in [3.05, 3.63) is 28.7 Å². The van der Waals surface area contributed by atoms with Crippen LogP contribution in [0.3, 0.4) is 0 Å². The van der Waals surface area contributed by atoms with Gasteiger partial charge in [-0.15, -0.1) is 0 Å². The van der Waals surface area contributed by atoms with Crippen LogP contribution < -0.4 is 10.5 Å². The summed E-state index contributed by atoms with van der Waals surface area (Å²) in [5.41, 5.74) is 6.52. The Kier molecular flexibility index (Phi) is 4.09. The van der Waals surface area contributed by atoms with Crippen LogP contribution >= 0.6 is 15.9 Å². The molecule has 0 unspecified atom stereocenters. The van der Waals surface area contributed by atoms with Crippen molar-refractivity contribution in [3.8, 4) is 17.4 Å². The SMILES string of the molecule is CCCOc1nc(N)nc(-c2ccccc2Br)n1. The average Bonchev–Trinajstić information content (AvgIpc) is 2.36. The number of ether oxygens (including phenoxy) is 1. The minimum atomic E-state index is 0.154. The highest BCUT2D eigenvalue weighted by atomic mass is 79.9. The van der Waals surface area contributed by atoms with E-state index in [0.29, 0.717) is 12.4 Å². The maximum Gasteiger partial charge on any atom is 0.321 e. The Hall–Kier alpha value is -1.69. The predicted molar refractivity (Wildman–Crippen MR) is 73.2 cm³/mol. The van der Waals surface area contributed by atoms with Crippen LogP contribution in [0.5, 0.6) is 6.01 Å². The quantitative estimate of drug-likeness (QED) is 0.940. The molecule has 2 aromatic rings. The number of rotatable bonds is 4. The fourth-order valence-corrected chi connectivity index (χ4v) is 1.86. The normalized spacial score (nSPS) is 10.3. The number of nitrogens with zero attached hydrogens (tertiary/aromatic N) is 3. The molecule has 18 heavy (non-hydrogen) atoms. The second-order valence-electron chi connectivity index (χ2n) is 3.63. The Labute approximate surface area is 114 Å². The van der Waals surface area contributed by atoms with E-state index in [-0.39, 0.29) is 12.0 Å². The molecule has 1 heterocycles. The van der Waals surface area contributed by atoms with Gasteiger partial charge in [-0.05, 0) is 12.5 Å². The molecule has 2 rings (SSSR count). The summed E-state index contributed by atoms with van der Waals surface area (Å²) in [6, 6.07) is 7.92. The van der Waals surface area contributed by atoms with E-state index in [0.717, 1.165) is 16.5 Å². The van der Waals surface area contributed by atoms with Gasteiger partial charge in [-0.25, -0.2) is 0 Å². The van der Waals surface area contributed by atoms with E-state index in [1.807, 2.05) is 31.2 Å². The maximum atomic E-state index is 5.66. The first-order valence-corrected chi connectivity index (χ1v) is 6.39. The van der Waals surface area contributed by atoms with Crippen molar-refractivity contribution in [2.45, 2.75) is 13.3 Å². The molecular weight excluding hydrogens is 296 g/mol. The van der Waals surface area contributed by atoms with E-state index in [9.17, 15) is 0 Å². The third-order valence-corrected chi connectivity index (χ3v) is 2.87. The number of nitrogen functional groups attached to an aromatic ring is 1. The van der Waals surface area contributed by atoms with Crippen molar-refractivity contribution < 1.29 is 4.74 Å². The highest BCUT2D eigenvalue weighted by molar-refractivity contribution is 9.10. The zero-order valence-electron chi connectivity index (χ0n) is 9.93. The minimum Gasteiger partial charge on any atom is -0.463 e. The summed E-state index contributed by atoms with van der Waals surface area (Å²) < 4.78 is 6.28. The summed E-state index contributed by atoms with van der Waals surface area (Å²) in [7, 11) is 0. The van der Waals surface area contributed by atoms with Gasteiger partial charge in [0.2, 0.25) is 5.95 Å². The van der Waals surface area contributed by atoms with Gasteiger partial charge in [0.05, 0.1) is 6.61 Å². The molecule has 94 valence electrons. The van der Waals surface area contributed by atoms with Gasteiger partial charge < -0.3 is 10.5 Å². The minimum absolute atomic E-state index is 0.154. The number of aromatic nitrogens is 3. The lowest BCUT2D eigenvalue weighted by Gasteiger charge is -2.06. The molecule has 0 atom stereocenters. The van der Waals surface area contributed by atoms with Crippen LogP contribution in [-0.4, -0.2) is 21.6 Å². The Morgan fingerprint density at radius 3 is 2.72 bits per heavy atom. The molecule has 0 saturated heterocycles. The fourth-order valence-electron chi connectivity index (χ4n) is 1.39.